The van der Waals surface area contributed by atoms with E-state index in [1.165, 1.54) is 30.4 Å². The molecule has 7 nitrogen and oxygen atoms in total. The van der Waals surface area contributed by atoms with Gasteiger partial charge >= 0.3 is 0 Å². The monoisotopic (exact) mass is 450 g/mol. The first-order valence-electron chi connectivity index (χ1n) is 12.1. The second kappa shape index (κ2) is 9.67. The summed E-state index contributed by atoms with van der Waals surface area (Å²) in [5.41, 5.74) is 5.30. The maximum atomic E-state index is 5.22. The Morgan fingerprint density at radius 1 is 1.15 bits per heavy atom. The number of methoxy groups -OCH3 is 1. The first-order chi connectivity index (χ1) is 15.8. The van der Waals surface area contributed by atoms with Gasteiger partial charge in [0.1, 0.15) is 5.52 Å². The lowest BCUT2D eigenvalue weighted by Crippen LogP contribution is -2.35. The van der Waals surface area contributed by atoms with Crippen LogP contribution in [0.4, 0.5) is 17.5 Å². The summed E-state index contributed by atoms with van der Waals surface area (Å²) in [7, 11) is 3.77. The highest BCUT2D eigenvalue weighted by Gasteiger charge is 2.23. The summed E-state index contributed by atoms with van der Waals surface area (Å²) < 4.78 is 7.21. The minimum absolute atomic E-state index is 0.0798. The number of aromatic nitrogens is 4. The van der Waals surface area contributed by atoms with Crippen LogP contribution in [-0.2, 0) is 17.2 Å². The van der Waals surface area contributed by atoms with Crippen molar-refractivity contribution in [3.05, 3.63) is 35.7 Å². The van der Waals surface area contributed by atoms with Crippen molar-refractivity contribution in [2.24, 2.45) is 13.0 Å². The maximum Gasteiger partial charge on any atom is 0.229 e. The Morgan fingerprint density at radius 3 is 2.61 bits per heavy atom. The van der Waals surface area contributed by atoms with Crippen LogP contribution in [0.1, 0.15) is 57.6 Å². The molecule has 0 bridgehead atoms. The van der Waals surface area contributed by atoms with Crippen molar-refractivity contribution in [2.75, 3.05) is 37.0 Å². The predicted octanol–water partition coefficient (Wildman–Crippen LogP) is 5.36. The highest BCUT2D eigenvalue weighted by atomic mass is 16.5. The molecular formula is C26H38N6O. The molecule has 178 valence electrons. The van der Waals surface area contributed by atoms with Gasteiger partial charge in [0.25, 0.3) is 0 Å². The molecule has 0 unspecified atom stereocenters. The van der Waals surface area contributed by atoms with E-state index in [2.05, 4.69) is 61.1 Å². The van der Waals surface area contributed by atoms with E-state index < -0.39 is 0 Å². The number of nitrogens with one attached hydrogen (secondary N) is 1. The molecule has 1 aromatic carbocycles. The maximum absolute atomic E-state index is 5.22. The van der Waals surface area contributed by atoms with Crippen LogP contribution in [0, 0.1) is 12.8 Å². The molecule has 0 atom stereocenters. The van der Waals surface area contributed by atoms with Gasteiger partial charge in [-0.1, -0.05) is 32.9 Å². The van der Waals surface area contributed by atoms with Crippen LogP contribution in [-0.4, -0.2) is 46.3 Å². The van der Waals surface area contributed by atoms with Crippen LogP contribution in [0.5, 0.6) is 0 Å². The number of ether oxygens (including phenoxy) is 1. The summed E-state index contributed by atoms with van der Waals surface area (Å²) >= 11 is 0. The molecule has 0 aliphatic carbocycles. The fourth-order valence-corrected chi connectivity index (χ4v) is 4.56. The van der Waals surface area contributed by atoms with Gasteiger partial charge in [0.05, 0.1) is 6.33 Å². The van der Waals surface area contributed by atoms with Crippen LogP contribution < -0.4 is 10.2 Å². The van der Waals surface area contributed by atoms with Gasteiger partial charge in [-0.25, -0.2) is 4.98 Å². The molecule has 4 rings (SSSR count). The van der Waals surface area contributed by atoms with Crippen LogP contribution in [0.3, 0.4) is 0 Å². The summed E-state index contributed by atoms with van der Waals surface area (Å²) in [5.74, 6) is 2.34. The van der Waals surface area contributed by atoms with Crippen LogP contribution in [0.25, 0.3) is 11.2 Å². The van der Waals surface area contributed by atoms with Gasteiger partial charge in [0, 0.05) is 39.5 Å². The summed E-state index contributed by atoms with van der Waals surface area (Å²) in [6.45, 7) is 11.7. The molecule has 1 aliphatic rings. The lowest BCUT2D eigenvalue weighted by molar-refractivity contribution is 0.183. The highest BCUT2D eigenvalue weighted by molar-refractivity contribution is 5.87. The minimum Gasteiger partial charge on any atom is -0.385 e. The van der Waals surface area contributed by atoms with Gasteiger partial charge in [0.2, 0.25) is 5.95 Å². The molecule has 0 spiro atoms. The summed E-state index contributed by atoms with van der Waals surface area (Å²) in [4.78, 5) is 16.7. The Labute approximate surface area is 197 Å². The van der Waals surface area contributed by atoms with Crippen molar-refractivity contribution in [1.29, 1.82) is 0 Å². The molecule has 1 fully saturated rings. The molecule has 7 heteroatoms. The number of rotatable bonds is 7. The molecule has 3 heterocycles. The zero-order chi connectivity index (χ0) is 23.6. The molecule has 2 aromatic heterocycles. The first kappa shape index (κ1) is 23.5. The zero-order valence-corrected chi connectivity index (χ0v) is 21.0. The van der Waals surface area contributed by atoms with E-state index in [9.17, 15) is 0 Å². The van der Waals surface area contributed by atoms with Gasteiger partial charge in [-0.2, -0.15) is 9.97 Å². The first-order valence-corrected chi connectivity index (χ1v) is 12.1. The van der Waals surface area contributed by atoms with E-state index in [1.54, 1.807) is 7.11 Å². The number of imidazole rings is 1. The van der Waals surface area contributed by atoms with E-state index in [0.29, 0.717) is 0 Å². The summed E-state index contributed by atoms with van der Waals surface area (Å²) in [6.07, 6.45) is 6.52. The summed E-state index contributed by atoms with van der Waals surface area (Å²) in [5, 5.41) is 3.62. The van der Waals surface area contributed by atoms with Crippen molar-refractivity contribution < 1.29 is 4.74 Å². The number of aryl methyl sites for hydroxylation is 2. The number of hydrogen-bond acceptors (Lipinski definition) is 6. The van der Waals surface area contributed by atoms with E-state index in [4.69, 9.17) is 14.7 Å². The number of fused-ring (bicyclic) bond motifs is 1. The largest absolute Gasteiger partial charge is 0.385 e. The van der Waals surface area contributed by atoms with Gasteiger partial charge < -0.3 is 19.5 Å². The molecule has 33 heavy (non-hydrogen) atoms. The van der Waals surface area contributed by atoms with Crippen LogP contribution in [0.2, 0.25) is 0 Å². The Morgan fingerprint density at radius 2 is 1.91 bits per heavy atom. The fourth-order valence-electron chi connectivity index (χ4n) is 4.56. The third-order valence-corrected chi connectivity index (χ3v) is 6.77. The zero-order valence-electron chi connectivity index (χ0n) is 21.0. The second-order valence-electron chi connectivity index (χ2n) is 10.4. The number of hydrogen-bond donors (Lipinski definition) is 1. The average Bonchev–Trinajstić information content (AvgIpc) is 3.16. The van der Waals surface area contributed by atoms with Crippen molar-refractivity contribution in [1.82, 2.24) is 19.5 Å². The Bertz CT molecular complexity index is 1090. The van der Waals surface area contributed by atoms with Gasteiger partial charge in [-0.05, 0) is 61.1 Å². The Kier molecular flexibility index (Phi) is 6.88. The van der Waals surface area contributed by atoms with Crippen LogP contribution >= 0.6 is 0 Å². The minimum atomic E-state index is 0.0798. The third kappa shape index (κ3) is 5.29. The van der Waals surface area contributed by atoms with Gasteiger partial charge in [-0.3, -0.25) is 0 Å². The fraction of sp³-hybridized carbons (Fsp3) is 0.577. The smallest absolute Gasteiger partial charge is 0.229 e. The molecule has 3 aromatic rings. The normalized spacial score (nSPS) is 15.4. The topological polar surface area (TPSA) is 68.1 Å². The van der Waals surface area contributed by atoms with Gasteiger partial charge in [-0.15, -0.1) is 0 Å². The predicted molar refractivity (Wildman–Crippen MR) is 136 cm³/mol. The second-order valence-corrected chi connectivity index (χ2v) is 10.4. The van der Waals surface area contributed by atoms with Crippen molar-refractivity contribution in [3.8, 4) is 0 Å². The highest BCUT2D eigenvalue weighted by Crippen LogP contribution is 2.32. The van der Waals surface area contributed by atoms with E-state index >= 15 is 0 Å². The molecule has 1 N–H and O–H groups in total. The quantitative estimate of drug-likeness (QED) is 0.489. The lowest BCUT2D eigenvalue weighted by Gasteiger charge is -2.32. The third-order valence-electron chi connectivity index (χ3n) is 6.77. The number of nitrogens with zero attached hydrogens (tertiary/aromatic N) is 5. The lowest BCUT2D eigenvalue weighted by atomic mass is 9.86. The SMILES string of the molecule is COCCCC1CCN(c2nc(Nc3cc(C(C)(C)C)ccc3C)c3c(ncn3C)n2)CC1. The molecule has 0 amide bonds. The van der Waals surface area contributed by atoms with Crippen molar-refractivity contribution in [2.45, 2.75) is 58.8 Å². The van der Waals surface area contributed by atoms with Gasteiger partial charge in [0.15, 0.2) is 11.5 Å². The molecule has 1 aliphatic heterocycles. The number of anilines is 3. The summed E-state index contributed by atoms with van der Waals surface area (Å²) in [6, 6.07) is 6.63. The van der Waals surface area contributed by atoms with Crippen molar-refractivity contribution >= 4 is 28.6 Å². The number of piperidine rings is 1. The average molecular weight is 451 g/mol. The standard InChI is InChI=1S/C26H38N6O/c1-18-9-10-20(26(2,3)4)16-21(18)28-24-22-23(27-17-31(22)5)29-25(30-24)32-13-11-19(12-14-32)8-7-15-33-6/h9-10,16-17,19H,7-8,11-15H2,1-6H3,(H,28,29,30). The molecular weight excluding hydrogens is 412 g/mol. The van der Waals surface area contributed by atoms with Crippen LogP contribution in [0.15, 0.2) is 24.5 Å². The molecule has 1 saturated heterocycles. The Balaban J connectivity index is 1.60. The number of benzene rings is 1. The molecule has 0 saturated carbocycles. The van der Waals surface area contributed by atoms with Crippen molar-refractivity contribution in [3.63, 3.8) is 0 Å². The van der Waals surface area contributed by atoms with E-state index in [0.717, 1.165) is 60.7 Å². The molecule has 0 radical (unpaired) electrons. The van der Waals surface area contributed by atoms with E-state index in [-0.39, 0.29) is 5.41 Å². The Hall–Kier alpha value is -2.67. The van der Waals surface area contributed by atoms with E-state index in [1.807, 2.05) is 17.9 Å².